The van der Waals surface area contributed by atoms with Crippen molar-refractivity contribution in [2.45, 2.75) is 13.0 Å². The first-order valence-electron chi connectivity index (χ1n) is 5.72. The van der Waals surface area contributed by atoms with E-state index in [4.69, 9.17) is 16.7 Å². The van der Waals surface area contributed by atoms with Crippen LogP contribution in [0.15, 0.2) is 30.9 Å². The number of aryl methyl sites for hydroxylation is 1. The van der Waals surface area contributed by atoms with E-state index < -0.39 is 5.97 Å². The van der Waals surface area contributed by atoms with Crippen LogP contribution >= 0.6 is 11.6 Å². The van der Waals surface area contributed by atoms with Gasteiger partial charge in [-0.05, 0) is 12.1 Å². The molecular weight excluding hydrogens is 284 g/mol. The van der Waals surface area contributed by atoms with Gasteiger partial charge in [-0.2, -0.15) is 5.10 Å². The molecule has 0 aliphatic rings. The standard InChI is InChI=1S/C12H11ClN4O3/c13-8-2-1-3-9(11(8)12(19)20)16-10(18)4-5-17-7-14-6-15-17/h1-3,6-7H,4-5H2,(H,16,18)(H,19,20). The molecule has 2 N–H and O–H groups in total. The summed E-state index contributed by atoms with van der Waals surface area (Å²) in [5, 5.41) is 15.6. The second kappa shape index (κ2) is 6.16. The van der Waals surface area contributed by atoms with Crippen LogP contribution in [0.1, 0.15) is 16.8 Å². The Morgan fingerprint density at radius 2 is 2.20 bits per heavy atom. The number of rotatable bonds is 5. The first kappa shape index (κ1) is 14.0. The molecule has 0 atom stereocenters. The minimum atomic E-state index is -1.19. The molecule has 0 saturated carbocycles. The molecule has 20 heavy (non-hydrogen) atoms. The Bertz CT molecular complexity index is 628. The third kappa shape index (κ3) is 3.33. The predicted octanol–water partition coefficient (Wildman–Crippen LogP) is 1.66. The quantitative estimate of drug-likeness (QED) is 0.874. The fourth-order valence-corrected chi connectivity index (χ4v) is 1.88. The molecule has 1 amide bonds. The molecule has 0 aliphatic carbocycles. The number of aromatic carboxylic acids is 1. The molecule has 1 aromatic carbocycles. The van der Waals surface area contributed by atoms with Gasteiger partial charge in [0.25, 0.3) is 0 Å². The fraction of sp³-hybridized carbons (Fsp3) is 0.167. The summed E-state index contributed by atoms with van der Waals surface area (Å²) < 4.78 is 1.51. The van der Waals surface area contributed by atoms with Gasteiger partial charge in [0.15, 0.2) is 0 Å². The first-order valence-corrected chi connectivity index (χ1v) is 6.10. The molecule has 8 heteroatoms. The molecular formula is C12H11ClN4O3. The van der Waals surface area contributed by atoms with E-state index in [2.05, 4.69) is 15.4 Å². The zero-order chi connectivity index (χ0) is 14.5. The maximum Gasteiger partial charge on any atom is 0.339 e. The maximum absolute atomic E-state index is 11.8. The highest BCUT2D eigenvalue weighted by Crippen LogP contribution is 2.24. The first-order chi connectivity index (χ1) is 9.58. The molecule has 0 spiro atoms. The summed E-state index contributed by atoms with van der Waals surface area (Å²) >= 11 is 5.81. The highest BCUT2D eigenvalue weighted by Gasteiger charge is 2.16. The average Bonchev–Trinajstić information content (AvgIpc) is 2.89. The van der Waals surface area contributed by atoms with E-state index in [1.54, 1.807) is 6.07 Å². The lowest BCUT2D eigenvalue weighted by Gasteiger charge is -2.09. The number of amides is 1. The van der Waals surface area contributed by atoms with Gasteiger partial charge >= 0.3 is 5.97 Å². The molecule has 0 saturated heterocycles. The van der Waals surface area contributed by atoms with E-state index in [-0.39, 0.29) is 28.6 Å². The second-order valence-electron chi connectivity index (χ2n) is 3.92. The lowest BCUT2D eigenvalue weighted by atomic mass is 10.1. The summed E-state index contributed by atoms with van der Waals surface area (Å²) in [5.41, 5.74) is 0.0527. The van der Waals surface area contributed by atoms with Gasteiger partial charge in [0.2, 0.25) is 5.91 Å². The van der Waals surface area contributed by atoms with Crippen molar-refractivity contribution in [2.75, 3.05) is 5.32 Å². The van der Waals surface area contributed by atoms with Crippen molar-refractivity contribution in [1.82, 2.24) is 14.8 Å². The van der Waals surface area contributed by atoms with Crippen LogP contribution in [-0.2, 0) is 11.3 Å². The molecule has 104 valence electrons. The second-order valence-corrected chi connectivity index (χ2v) is 4.33. The average molecular weight is 295 g/mol. The Balaban J connectivity index is 2.04. The topological polar surface area (TPSA) is 97.1 Å². The van der Waals surface area contributed by atoms with Gasteiger partial charge in [0.05, 0.1) is 17.3 Å². The molecule has 1 aromatic heterocycles. The van der Waals surface area contributed by atoms with Crippen LogP contribution in [0.3, 0.4) is 0 Å². The van der Waals surface area contributed by atoms with Crippen LogP contribution in [0.5, 0.6) is 0 Å². The van der Waals surface area contributed by atoms with E-state index in [9.17, 15) is 9.59 Å². The zero-order valence-electron chi connectivity index (χ0n) is 10.3. The lowest BCUT2D eigenvalue weighted by molar-refractivity contribution is -0.116. The summed E-state index contributed by atoms with van der Waals surface area (Å²) in [4.78, 5) is 26.7. The molecule has 2 aromatic rings. The van der Waals surface area contributed by atoms with E-state index in [0.29, 0.717) is 6.54 Å². The van der Waals surface area contributed by atoms with Crippen molar-refractivity contribution >= 4 is 29.2 Å². The molecule has 7 nitrogen and oxygen atoms in total. The van der Waals surface area contributed by atoms with Gasteiger partial charge in [0, 0.05) is 6.42 Å². The number of benzene rings is 1. The summed E-state index contributed by atoms with van der Waals surface area (Å²) in [5.74, 6) is -1.52. The largest absolute Gasteiger partial charge is 0.478 e. The number of carbonyl (C=O) groups excluding carboxylic acids is 1. The number of nitrogens with one attached hydrogen (secondary N) is 1. The number of nitrogens with zero attached hydrogens (tertiary/aromatic N) is 3. The van der Waals surface area contributed by atoms with Crippen molar-refractivity contribution < 1.29 is 14.7 Å². The number of carboxylic acid groups (broad SMARTS) is 1. The molecule has 0 aliphatic heterocycles. The van der Waals surface area contributed by atoms with E-state index in [1.165, 1.54) is 29.5 Å². The van der Waals surface area contributed by atoms with Gasteiger partial charge in [0.1, 0.15) is 18.2 Å². The number of carboxylic acids is 1. The minimum Gasteiger partial charge on any atom is -0.478 e. The van der Waals surface area contributed by atoms with Crippen LogP contribution in [0, 0.1) is 0 Å². The predicted molar refractivity (Wildman–Crippen MR) is 71.7 cm³/mol. The van der Waals surface area contributed by atoms with Crippen molar-refractivity contribution in [3.8, 4) is 0 Å². The van der Waals surface area contributed by atoms with Gasteiger partial charge in [-0.3, -0.25) is 9.48 Å². The number of aromatic nitrogens is 3. The number of hydrogen-bond acceptors (Lipinski definition) is 4. The van der Waals surface area contributed by atoms with Gasteiger partial charge in [-0.1, -0.05) is 17.7 Å². The smallest absolute Gasteiger partial charge is 0.339 e. The van der Waals surface area contributed by atoms with Crippen LogP contribution in [0.2, 0.25) is 5.02 Å². The van der Waals surface area contributed by atoms with Gasteiger partial charge in [-0.25, -0.2) is 9.78 Å². The van der Waals surface area contributed by atoms with Crippen LogP contribution in [0.25, 0.3) is 0 Å². The molecule has 0 unspecified atom stereocenters. The SMILES string of the molecule is O=C(CCn1cncn1)Nc1cccc(Cl)c1C(=O)O. The molecule has 1 heterocycles. The Morgan fingerprint density at radius 3 is 2.85 bits per heavy atom. The third-order valence-electron chi connectivity index (χ3n) is 2.54. The van der Waals surface area contributed by atoms with Crippen LogP contribution < -0.4 is 5.32 Å². The number of carbonyl (C=O) groups is 2. The van der Waals surface area contributed by atoms with Crippen molar-refractivity contribution in [3.05, 3.63) is 41.4 Å². The fourth-order valence-electron chi connectivity index (χ4n) is 1.62. The van der Waals surface area contributed by atoms with Gasteiger partial charge in [-0.15, -0.1) is 0 Å². The highest BCUT2D eigenvalue weighted by atomic mass is 35.5. The lowest BCUT2D eigenvalue weighted by Crippen LogP contribution is -2.17. The number of halogens is 1. The molecule has 0 fully saturated rings. The summed E-state index contributed by atoms with van der Waals surface area (Å²) in [6.07, 6.45) is 3.02. The maximum atomic E-state index is 11.8. The normalized spacial score (nSPS) is 10.2. The Hall–Kier alpha value is -2.41. The zero-order valence-corrected chi connectivity index (χ0v) is 11.0. The van der Waals surface area contributed by atoms with Crippen molar-refractivity contribution in [2.24, 2.45) is 0 Å². The molecule has 0 radical (unpaired) electrons. The Morgan fingerprint density at radius 1 is 1.40 bits per heavy atom. The highest BCUT2D eigenvalue weighted by molar-refractivity contribution is 6.34. The molecule has 2 rings (SSSR count). The minimum absolute atomic E-state index is 0.0755. The van der Waals surface area contributed by atoms with E-state index >= 15 is 0 Å². The van der Waals surface area contributed by atoms with E-state index in [1.807, 2.05) is 0 Å². The summed E-state index contributed by atoms with van der Waals surface area (Å²) in [7, 11) is 0. The van der Waals surface area contributed by atoms with Crippen LogP contribution in [0.4, 0.5) is 5.69 Å². The number of hydrogen-bond donors (Lipinski definition) is 2. The van der Waals surface area contributed by atoms with Crippen molar-refractivity contribution in [3.63, 3.8) is 0 Å². The number of anilines is 1. The monoisotopic (exact) mass is 294 g/mol. The van der Waals surface area contributed by atoms with E-state index in [0.717, 1.165) is 0 Å². The Kier molecular flexibility index (Phi) is 4.31. The third-order valence-corrected chi connectivity index (χ3v) is 2.85. The van der Waals surface area contributed by atoms with Crippen LogP contribution in [-0.4, -0.2) is 31.7 Å². The van der Waals surface area contributed by atoms with Gasteiger partial charge < -0.3 is 10.4 Å². The summed E-state index contributed by atoms with van der Waals surface area (Å²) in [6, 6.07) is 4.51. The molecule has 0 bridgehead atoms. The van der Waals surface area contributed by atoms with Crippen molar-refractivity contribution in [1.29, 1.82) is 0 Å². The Labute approximate surface area is 119 Å². The summed E-state index contributed by atoms with van der Waals surface area (Å²) in [6.45, 7) is 0.356.